The smallest absolute Gasteiger partial charge is 0.127 e. The molecule has 0 amide bonds. The Morgan fingerprint density at radius 1 is 1.19 bits per heavy atom. The molecule has 1 N–H and O–H groups in total. The molecule has 21 heavy (non-hydrogen) atoms. The molecule has 0 fully saturated rings. The van der Waals surface area contributed by atoms with E-state index in [0.717, 1.165) is 18.6 Å². The van der Waals surface area contributed by atoms with Crippen LogP contribution in [-0.2, 0) is 6.42 Å². The Morgan fingerprint density at radius 3 is 2.57 bits per heavy atom. The van der Waals surface area contributed by atoms with E-state index in [1.807, 2.05) is 0 Å². The zero-order valence-corrected chi connectivity index (χ0v) is 13.5. The molecule has 0 aromatic heterocycles. The second-order valence-corrected chi connectivity index (χ2v) is 6.90. The summed E-state index contributed by atoms with van der Waals surface area (Å²) in [5.74, 6) is 0.990. The predicted molar refractivity (Wildman–Crippen MR) is 89.0 cm³/mol. The third-order valence-electron chi connectivity index (χ3n) is 4.90. The van der Waals surface area contributed by atoms with Crippen LogP contribution in [0.15, 0.2) is 30.3 Å². The van der Waals surface area contributed by atoms with Gasteiger partial charge in [0.15, 0.2) is 0 Å². The Kier molecular flexibility index (Phi) is 3.66. The Hall–Kier alpha value is -1.54. The maximum atomic E-state index is 5.65. The molecule has 0 radical (unpaired) electrons. The standard InChI is InChI=1S/C19H25NO/c1-19(2)10-9-14-13-7-5-6-8-15(13)18(21-4)11-16(14)17(12-19)20-3/h5-8,11,17,20H,9-10,12H2,1-4H3. The van der Waals surface area contributed by atoms with Crippen molar-refractivity contribution in [3.05, 3.63) is 41.5 Å². The monoisotopic (exact) mass is 283 g/mol. The highest BCUT2D eigenvalue weighted by Crippen LogP contribution is 2.43. The first kappa shape index (κ1) is 14.4. The minimum absolute atomic E-state index is 0.362. The first-order valence-corrected chi connectivity index (χ1v) is 7.81. The van der Waals surface area contributed by atoms with Gasteiger partial charge in [0.05, 0.1) is 7.11 Å². The van der Waals surface area contributed by atoms with E-state index in [1.54, 1.807) is 7.11 Å². The number of methoxy groups -OCH3 is 1. The van der Waals surface area contributed by atoms with Crippen molar-refractivity contribution in [2.24, 2.45) is 5.41 Å². The number of rotatable bonds is 2. The first-order chi connectivity index (χ1) is 10.1. The lowest BCUT2D eigenvalue weighted by atomic mass is 9.83. The van der Waals surface area contributed by atoms with Gasteiger partial charge in [-0.15, -0.1) is 0 Å². The molecule has 1 aliphatic carbocycles. The van der Waals surface area contributed by atoms with Crippen molar-refractivity contribution in [3.63, 3.8) is 0 Å². The average molecular weight is 283 g/mol. The summed E-state index contributed by atoms with van der Waals surface area (Å²) in [6.07, 6.45) is 3.54. The van der Waals surface area contributed by atoms with Crippen LogP contribution in [0, 0.1) is 5.41 Å². The van der Waals surface area contributed by atoms with E-state index in [-0.39, 0.29) is 0 Å². The molecule has 0 saturated carbocycles. The van der Waals surface area contributed by atoms with E-state index in [4.69, 9.17) is 4.74 Å². The molecular weight excluding hydrogens is 258 g/mol. The van der Waals surface area contributed by atoms with Gasteiger partial charge in [0, 0.05) is 11.4 Å². The van der Waals surface area contributed by atoms with Crippen LogP contribution in [0.4, 0.5) is 0 Å². The lowest BCUT2D eigenvalue weighted by molar-refractivity contribution is 0.279. The minimum atomic E-state index is 0.362. The Morgan fingerprint density at radius 2 is 1.90 bits per heavy atom. The summed E-state index contributed by atoms with van der Waals surface area (Å²) in [7, 11) is 3.83. The summed E-state index contributed by atoms with van der Waals surface area (Å²) in [4.78, 5) is 0. The van der Waals surface area contributed by atoms with Crippen LogP contribution in [0.25, 0.3) is 10.8 Å². The molecule has 0 aliphatic heterocycles. The normalized spacial score (nSPS) is 20.9. The molecule has 0 spiro atoms. The van der Waals surface area contributed by atoms with Crippen LogP contribution in [-0.4, -0.2) is 14.2 Å². The SMILES string of the molecule is CNC1CC(C)(C)CCc2c1cc(OC)c1ccccc21. The quantitative estimate of drug-likeness (QED) is 0.821. The molecule has 0 bridgehead atoms. The van der Waals surface area contributed by atoms with Crippen molar-refractivity contribution in [2.75, 3.05) is 14.2 Å². The van der Waals surface area contributed by atoms with Crippen molar-refractivity contribution < 1.29 is 4.74 Å². The summed E-state index contributed by atoms with van der Waals surface area (Å²) in [6, 6.07) is 11.3. The van der Waals surface area contributed by atoms with Crippen LogP contribution in [0.1, 0.15) is 43.9 Å². The summed E-state index contributed by atoms with van der Waals surface area (Å²) in [6.45, 7) is 4.76. The zero-order chi connectivity index (χ0) is 15.0. The molecule has 2 aromatic carbocycles. The maximum absolute atomic E-state index is 5.65. The van der Waals surface area contributed by atoms with Crippen molar-refractivity contribution in [3.8, 4) is 5.75 Å². The fourth-order valence-corrected chi connectivity index (χ4v) is 3.67. The van der Waals surface area contributed by atoms with Gasteiger partial charge in [0.2, 0.25) is 0 Å². The highest BCUT2D eigenvalue weighted by atomic mass is 16.5. The molecule has 112 valence electrons. The van der Waals surface area contributed by atoms with Gasteiger partial charge in [-0.1, -0.05) is 38.1 Å². The van der Waals surface area contributed by atoms with E-state index in [1.165, 1.54) is 28.3 Å². The van der Waals surface area contributed by atoms with E-state index >= 15 is 0 Å². The second kappa shape index (κ2) is 5.34. The van der Waals surface area contributed by atoms with E-state index in [0.29, 0.717) is 11.5 Å². The lowest BCUT2D eigenvalue weighted by Crippen LogP contribution is -2.22. The fraction of sp³-hybridized carbons (Fsp3) is 0.474. The number of fused-ring (bicyclic) bond motifs is 3. The van der Waals surface area contributed by atoms with E-state index in [2.05, 4.69) is 56.5 Å². The molecule has 2 nitrogen and oxygen atoms in total. The largest absolute Gasteiger partial charge is 0.496 e. The van der Waals surface area contributed by atoms with Crippen LogP contribution in [0.3, 0.4) is 0 Å². The Balaban J connectivity index is 2.27. The Labute approximate surface area is 127 Å². The predicted octanol–water partition coefficient (Wildman–Crippen LogP) is 4.47. The number of aryl methyl sites for hydroxylation is 1. The number of benzene rings is 2. The van der Waals surface area contributed by atoms with Crippen LogP contribution in [0.5, 0.6) is 5.75 Å². The number of hydrogen-bond acceptors (Lipinski definition) is 2. The van der Waals surface area contributed by atoms with E-state index < -0.39 is 0 Å². The molecule has 1 unspecified atom stereocenters. The molecule has 1 atom stereocenters. The van der Waals surface area contributed by atoms with Crippen molar-refractivity contribution in [1.29, 1.82) is 0 Å². The number of nitrogens with one attached hydrogen (secondary N) is 1. The van der Waals surface area contributed by atoms with Crippen molar-refractivity contribution in [1.82, 2.24) is 5.32 Å². The number of ether oxygens (including phenoxy) is 1. The minimum Gasteiger partial charge on any atom is -0.496 e. The van der Waals surface area contributed by atoms with Gasteiger partial charge in [-0.3, -0.25) is 0 Å². The van der Waals surface area contributed by atoms with Gasteiger partial charge in [0.1, 0.15) is 5.75 Å². The average Bonchev–Trinajstić information content (AvgIpc) is 2.62. The molecule has 0 heterocycles. The molecule has 2 aromatic rings. The molecule has 2 heteroatoms. The van der Waals surface area contributed by atoms with Gasteiger partial charge in [-0.25, -0.2) is 0 Å². The lowest BCUT2D eigenvalue weighted by Gasteiger charge is -2.27. The summed E-state index contributed by atoms with van der Waals surface area (Å²) >= 11 is 0. The maximum Gasteiger partial charge on any atom is 0.127 e. The highest BCUT2D eigenvalue weighted by Gasteiger charge is 2.30. The van der Waals surface area contributed by atoms with E-state index in [9.17, 15) is 0 Å². The van der Waals surface area contributed by atoms with Gasteiger partial charge in [-0.05, 0) is 54.3 Å². The zero-order valence-electron chi connectivity index (χ0n) is 13.5. The topological polar surface area (TPSA) is 21.3 Å². The molecule has 1 aliphatic rings. The third-order valence-corrected chi connectivity index (χ3v) is 4.90. The summed E-state index contributed by atoms with van der Waals surface area (Å²) < 4.78 is 5.65. The highest BCUT2D eigenvalue weighted by molar-refractivity contribution is 5.92. The molecule has 0 saturated heterocycles. The number of hydrogen-bond donors (Lipinski definition) is 1. The molecule has 3 rings (SSSR count). The van der Waals surface area contributed by atoms with Gasteiger partial charge >= 0.3 is 0 Å². The van der Waals surface area contributed by atoms with Gasteiger partial charge < -0.3 is 10.1 Å². The third kappa shape index (κ3) is 2.53. The molecular formula is C19H25NO. The summed E-state index contributed by atoms with van der Waals surface area (Å²) in [5.41, 5.74) is 3.27. The van der Waals surface area contributed by atoms with Crippen LogP contribution < -0.4 is 10.1 Å². The van der Waals surface area contributed by atoms with Crippen LogP contribution in [0.2, 0.25) is 0 Å². The first-order valence-electron chi connectivity index (χ1n) is 7.81. The van der Waals surface area contributed by atoms with Crippen molar-refractivity contribution in [2.45, 2.75) is 39.2 Å². The Bertz CT molecular complexity index is 660. The second-order valence-electron chi connectivity index (χ2n) is 6.90. The van der Waals surface area contributed by atoms with Crippen molar-refractivity contribution >= 4 is 10.8 Å². The van der Waals surface area contributed by atoms with Gasteiger partial charge in [-0.2, -0.15) is 0 Å². The van der Waals surface area contributed by atoms with Gasteiger partial charge in [0.25, 0.3) is 0 Å². The fourth-order valence-electron chi connectivity index (χ4n) is 3.67. The summed E-state index contributed by atoms with van der Waals surface area (Å²) in [5, 5.41) is 6.10. The van der Waals surface area contributed by atoms with Crippen LogP contribution >= 0.6 is 0 Å².